The Morgan fingerprint density at radius 2 is 1.53 bits per heavy atom. The fraction of sp³-hybridized carbons (Fsp3) is 0.727. The van der Waals surface area contributed by atoms with Gasteiger partial charge in [0.25, 0.3) is 0 Å². The standard InChI is InChI=1S/C6H16N2.C5H8O3.Zn/c1-7(2)5-6-8(3)4;1-4(6)3-5(7)8-2;/h5-6H2,1-4H3;3,6H,1-2H3;/p+1. The first-order valence-corrected chi connectivity index (χ1v) is 5.06. The summed E-state index contributed by atoms with van der Waals surface area (Å²) < 4.78 is 4.30. The van der Waals surface area contributed by atoms with Crippen molar-refractivity contribution in [1.82, 2.24) is 9.80 Å². The molecule has 0 saturated carbocycles. The van der Waals surface area contributed by atoms with E-state index in [4.69, 9.17) is 9.90 Å². The minimum atomic E-state index is -0.287. The average molecular weight is 299 g/mol. The number of hydrogen-bond donors (Lipinski definition) is 1. The van der Waals surface area contributed by atoms with Crippen LogP contribution in [0, 0.1) is 0 Å². The van der Waals surface area contributed by atoms with Crippen LogP contribution in [0.15, 0.2) is 11.8 Å². The van der Waals surface area contributed by atoms with Gasteiger partial charge >= 0.3 is 5.97 Å². The molecule has 0 aliphatic carbocycles. The van der Waals surface area contributed by atoms with Crippen LogP contribution in [0.3, 0.4) is 0 Å². The van der Waals surface area contributed by atoms with Crippen LogP contribution in [0.2, 0.25) is 0 Å². The third-order valence-corrected chi connectivity index (χ3v) is 1.54. The molecular formula is C11H25N2O3Zn+. The van der Waals surface area contributed by atoms with Crippen LogP contribution in [-0.2, 0) is 24.2 Å². The molecule has 0 rings (SSSR count). The molecule has 0 atom stereocenters. The summed E-state index contributed by atoms with van der Waals surface area (Å²) in [6, 6.07) is 0. The van der Waals surface area contributed by atoms with Crippen LogP contribution in [0.5, 0.6) is 0 Å². The Balaban J connectivity index is -0.000000218. The van der Waals surface area contributed by atoms with Gasteiger partial charge in [0.15, 0.2) is 7.11 Å². The minimum absolute atomic E-state index is 0. The number of rotatable bonds is 4. The number of ether oxygens (including phenoxy) is 1. The van der Waals surface area contributed by atoms with E-state index in [-0.39, 0.29) is 31.2 Å². The molecule has 0 bridgehead atoms. The van der Waals surface area contributed by atoms with E-state index in [0.717, 1.165) is 19.2 Å². The fourth-order valence-electron chi connectivity index (χ4n) is 0.638. The van der Waals surface area contributed by atoms with E-state index in [1.54, 1.807) is 0 Å². The Bertz CT molecular complexity index is 207. The third-order valence-electron chi connectivity index (χ3n) is 1.54. The van der Waals surface area contributed by atoms with E-state index in [9.17, 15) is 0 Å². The van der Waals surface area contributed by atoms with E-state index in [1.165, 1.54) is 14.0 Å². The van der Waals surface area contributed by atoms with Crippen molar-refractivity contribution in [3.05, 3.63) is 11.8 Å². The maximum absolute atomic E-state index is 8.49. The van der Waals surface area contributed by atoms with Gasteiger partial charge in [-0.05, 0) is 35.1 Å². The summed E-state index contributed by atoms with van der Waals surface area (Å²) in [5, 5.41) is 8.45. The predicted molar refractivity (Wildman–Crippen MR) is 67.4 cm³/mol. The Hall–Kier alpha value is -0.447. The summed E-state index contributed by atoms with van der Waals surface area (Å²) in [6.45, 7) is 3.73. The number of esters is 1. The summed E-state index contributed by atoms with van der Waals surface area (Å²) in [5.41, 5.74) is 0. The Labute approximate surface area is 117 Å². The molecule has 6 heteroatoms. The first-order chi connectivity index (χ1) is 7.29. The molecule has 0 unspecified atom stereocenters. The van der Waals surface area contributed by atoms with E-state index < -0.39 is 0 Å². The average Bonchev–Trinajstić information content (AvgIpc) is 2.14. The van der Waals surface area contributed by atoms with Crippen LogP contribution in [-0.4, -0.2) is 74.1 Å². The largest absolute Gasteiger partial charge is 0.513 e. The van der Waals surface area contributed by atoms with E-state index in [1.807, 2.05) is 0 Å². The summed E-state index contributed by atoms with van der Waals surface area (Å²) >= 11 is 0. The van der Waals surface area contributed by atoms with Crippen LogP contribution in [0.1, 0.15) is 6.92 Å². The first kappa shape index (κ1) is 21.8. The number of likely N-dealkylation sites (N-methyl/N-ethyl adjacent to an activating group) is 2. The fourth-order valence-corrected chi connectivity index (χ4v) is 0.638. The number of aliphatic hydroxyl groups is 1. The van der Waals surface area contributed by atoms with Gasteiger partial charge in [-0.3, -0.25) is 0 Å². The van der Waals surface area contributed by atoms with Gasteiger partial charge in [0.05, 0.1) is 0 Å². The Morgan fingerprint density at radius 3 is 1.65 bits per heavy atom. The Morgan fingerprint density at radius 1 is 1.18 bits per heavy atom. The summed E-state index contributed by atoms with van der Waals surface area (Å²) in [6.07, 6.45) is 1.11. The molecule has 98 valence electrons. The molecular weight excluding hydrogens is 274 g/mol. The number of hydrogen-bond acceptors (Lipinski definition) is 4. The molecule has 0 radical (unpaired) electrons. The second-order valence-electron chi connectivity index (χ2n) is 3.93. The predicted octanol–water partition coefficient (Wildman–Crippen LogP) is 0.704. The van der Waals surface area contributed by atoms with Crippen LogP contribution >= 0.6 is 0 Å². The number of allylic oxidation sites excluding steroid dienone is 1. The van der Waals surface area contributed by atoms with Crippen molar-refractivity contribution in [3.63, 3.8) is 0 Å². The zero-order valence-corrected chi connectivity index (χ0v) is 14.9. The molecule has 0 aromatic carbocycles. The van der Waals surface area contributed by atoms with Crippen molar-refractivity contribution >= 4 is 5.97 Å². The molecule has 0 saturated heterocycles. The molecule has 0 aromatic rings. The van der Waals surface area contributed by atoms with Crippen molar-refractivity contribution in [2.45, 2.75) is 6.92 Å². The van der Waals surface area contributed by atoms with E-state index >= 15 is 0 Å². The molecule has 0 aromatic heterocycles. The van der Waals surface area contributed by atoms with Gasteiger partial charge < -0.3 is 24.4 Å². The normalized spacial score (nSPS) is 10.5. The minimum Gasteiger partial charge on any atom is -0.512 e. The third kappa shape index (κ3) is 25.7. The van der Waals surface area contributed by atoms with Crippen molar-refractivity contribution in [2.75, 3.05) is 48.4 Å². The van der Waals surface area contributed by atoms with Crippen molar-refractivity contribution in [2.24, 2.45) is 0 Å². The molecule has 0 fully saturated rings. The van der Waals surface area contributed by atoms with Gasteiger partial charge in [-0.1, -0.05) is 0 Å². The SMILES string of the molecule is CN(C)CCN(C)C.COC(=[OH+])C=C(C)O.[Zn]. The van der Waals surface area contributed by atoms with Crippen molar-refractivity contribution < 1.29 is 34.1 Å². The molecule has 0 aliphatic heterocycles. The maximum Gasteiger partial charge on any atom is 0.513 e. The number of aliphatic hydroxyl groups excluding tert-OH is 1. The topological polar surface area (TPSA) is 57.3 Å². The van der Waals surface area contributed by atoms with Gasteiger partial charge in [0.2, 0.25) is 0 Å². The summed E-state index contributed by atoms with van der Waals surface area (Å²) in [5.74, 6) is -0.269. The van der Waals surface area contributed by atoms with Crippen LogP contribution in [0.4, 0.5) is 0 Å². The van der Waals surface area contributed by atoms with Gasteiger partial charge in [-0.25, -0.2) is 0 Å². The zero-order valence-electron chi connectivity index (χ0n) is 11.9. The van der Waals surface area contributed by atoms with Gasteiger partial charge in [0.1, 0.15) is 11.8 Å². The second kappa shape index (κ2) is 13.6. The van der Waals surface area contributed by atoms with Crippen LogP contribution in [0.25, 0.3) is 0 Å². The van der Waals surface area contributed by atoms with Gasteiger partial charge in [-0.2, -0.15) is 0 Å². The zero-order chi connectivity index (χ0) is 13.1. The molecule has 5 nitrogen and oxygen atoms in total. The van der Waals surface area contributed by atoms with Crippen molar-refractivity contribution in [3.8, 4) is 0 Å². The van der Waals surface area contributed by atoms with E-state index in [0.29, 0.717) is 0 Å². The molecule has 0 aliphatic rings. The maximum atomic E-state index is 8.49. The molecule has 2 N–H and O–H groups in total. The molecule has 17 heavy (non-hydrogen) atoms. The van der Waals surface area contributed by atoms with Crippen molar-refractivity contribution in [1.29, 1.82) is 0 Å². The van der Waals surface area contributed by atoms with Gasteiger partial charge in [0, 0.05) is 32.6 Å². The summed E-state index contributed by atoms with van der Waals surface area (Å²) in [7, 11) is 9.66. The number of carbonyl (C=O) groups excluding carboxylic acids is 1. The molecule has 0 spiro atoms. The molecule has 0 heterocycles. The molecule has 0 amide bonds. The summed E-state index contributed by atoms with van der Waals surface area (Å²) in [4.78, 5) is 12.8. The monoisotopic (exact) mass is 297 g/mol. The number of methoxy groups -OCH3 is 1. The quantitative estimate of drug-likeness (QED) is 0.273. The van der Waals surface area contributed by atoms with E-state index in [2.05, 4.69) is 42.7 Å². The first-order valence-electron chi connectivity index (χ1n) is 5.06. The smallest absolute Gasteiger partial charge is 0.512 e. The number of nitrogens with zero attached hydrogens (tertiary/aromatic N) is 2. The van der Waals surface area contributed by atoms with Crippen LogP contribution < -0.4 is 0 Å². The van der Waals surface area contributed by atoms with Gasteiger partial charge in [-0.15, -0.1) is 0 Å². The second-order valence-corrected chi connectivity index (χ2v) is 3.93. The Kier molecular flexibility index (Phi) is 17.5.